The first-order chi connectivity index (χ1) is 9.34. The molecule has 0 radical (unpaired) electrons. The fraction of sp³-hybridized carbons (Fsp3) is 0.267. The summed E-state index contributed by atoms with van der Waals surface area (Å²) >= 11 is 0. The van der Waals surface area contributed by atoms with Crippen LogP contribution < -0.4 is 10.2 Å². The van der Waals surface area contributed by atoms with Crippen molar-refractivity contribution in [2.45, 2.75) is 0 Å². The van der Waals surface area contributed by atoms with E-state index in [4.69, 9.17) is 4.42 Å². The molecule has 1 fully saturated rings. The summed E-state index contributed by atoms with van der Waals surface area (Å²) in [5, 5.41) is 3.32. The molecule has 4 nitrogen and oxygen atoms in total. The molecule has 0 atom stereocenters. The third kappa shape index (κ3) is 2.53. The second-order valence-corrected chi connectivity index (χ2v) is 4.59. The van der Waals surface area contributed by atoms with Gasteiger partial charge in [-0.15, -0.1) is 0 Å². The van der Waals surface area contributed by atoms with Crippen LogP contribution in [0.3, 0.4) is 0 Å². The normalized spacial score (nSPS) is 15.5. The molecule has 0 aliphatic carbocycles. The van der Waals surface area contributed by atoms with E-state index in [0.717, 1.165) is 31.9 Å². The molecule has 1 aromatic heterocycles. The van der Waals surface area contributed by atoms with Crippen molar-refractivity contribution in [1.82, 2.24) is 5.32 Å². The van der Waals surface area contributed by atoms with E-state index in [2.05, 4.69) is 10.2 Å². The predicted molar refractivity (Wildman–Crippen MR) is 73.7 cm³/mol. The minimum Gasteiger partial charge on any atom is -0.461 e. The number of carbonyl (C=O) groups excluding carboxylic acids is 1. The highest BCUT2D eigenvalue weighted by atomic mass is 16.3. The number of piperazine rings is 1. The molecule has 0 unspecified atom stereocenters. The molecule has 0 spiro atoms. The zero-order valence-corrected chi connectivity index (χ0v) is 10.6. The maximum atomic E-state index is 12.1. The van der Waals surface area contributed by atoms with Crippen LogP contribution in [0, 0.1) is 0 Å². The van der Waals surface area contributed by atoms with E-state index in [-0.39, 0.29) is 5.78 Å². The van der Waals surface area contributed by atoms with Gasteiger partial charge in [-0.3, -0.25) is 4.79 Å². The summed E-state index contributed by atoms with van der Waals surface area (Å²) < 4.78 is 5.13. The van der Waals surface area contributed by atoms with Crippen molar-refractivity contribution in [3.63, 3.8) is 0 Å². The van der Waals surface area contributed by atoms with E-state index >= 15 is 0 Å². The Kier molecular flexibility index (Phi) is 3.33. The van der Waals surface area contributed by atoms with Crippen LogP contribution in [0.2, 0.25) is 0 Å². The van der Waals surface area contributed by atoms with Crippen LogP contribution in [0.1, 0.15) is 16.1 Å². The van der Waals surface area contributed by atoms with Crippen LogP contribution >= 0.6 is 0 Å². The Morgan fingerprint density at radius 2 is 1.84 bits per heavy atom. The Bertz CT molecular complexity index is 540. The Balaban J connectivity index is 1.77. The summed E-state index contributed by atoms with van der Waals surface area (Å²) in [6.45, 7) is 4.02. The lowest BCUT2D eigenvalue weighted by Gasteiger charge is -2.29. The number of benzene rings is 1. The minimum atomic E-state index is -0.0724. The number of hydrogen-bond donors (Lipinski definition) is 1. The van der Waals surface area contributed by atoms with Gasteiger partial charge in [0, 0.05) is 37.4 Å². The van der Waals surface area contributed by atoms with Crippen molar-refractivity contribution in [3.8, 4) is 0 Å². The van der Waals surface area contributed by atoms with Crippen LogP contribution in [0.4, 0.5) is 5.69 Å². The monoisotopic (exact) mass is 256 g/mol. The van der Waals surface area contributed by atoms with Crippen LogP contribution in [-0.2, 0) is 0 Å². The van der Waals surface area contributed by atoms with Gasteiger partial charge in [-0.1, -0.05) is 0 Å². The number of anilines is 1. The molecule has 1 aliphatic rings. The fourth-order valence-electron chi connectivity index (χ4n) is 2.30. The molecule has 3 rings (SSSR count). The summed E-state index contributed by atoms with van der Waals surface area (Å²) in [5.41, 5.74) is 1.83. The lowest BCUT2D eigenvalue weighted by atomic mass is 10.1. The van der Waals surface area contributed by atoms with Crippen molar-refractivity contribution in [2.24, 2.45) is 0 Å². The predicted octanol–water partition coefficient (Wildman–Crippen LogP) is 1.92. The van der Waals surface area contributed by atoms with Gasteiger partial charge in [0.2, 0.25) is 5.78 Å². The van der Waals surface area contributed by atoms with Gasteiger partial charge in [0.1, 0.15) is 0 Å². The zero-order chi connectivity index (χ0) is 13.1. The van der Waals surface area contributed by atoms with Gasteiger partial charge in [-0.05, 0) is 36.4 Å². The van der Waals surface area contributed by atoms with Gasteiger partial charge in [0.05, 0.1) is 6.26 Å². The SMILES string of the molecule is O=C(c1ccc(N2CCNCC2)cc1)c1ccco1. The molecule has 0 bridgehead atoms. The molecule has 1 saturated heterocycles. The molecule has 0 saturated carbocycles. The van der Waals surface area contributed by atoms with Crippen LogP contribution in [0.25, 0.3) is 0 Å². The van der Waals surface area contributed by atoms with Gasteiger partial charge < -0.3 is 14.6 Å². The Morgan fingerprint density at radius 1 is 1.11 bits per heavy atom. The lowest BCUT2D eigenvalue weighted by molar-refractivity contribution is 0.101. The van der Waals surface area contributed by atoms with Crippen molar-refractivity contribution < 1.29 is 9.21 Å². The first kappa shape index (κ1) is 12.0. The second kappa shape index (κ2) is 5.28. The molecular formula is C15H16N2O2. The highest BCUT2D eigenvalue weighted by Gasteiger charge is 2.13. The summed E-state index contributed by atoms with van der Waals surface area (Å²) in [5.74, 6) is 0.312. The van der Waals surface area contributed by atoms with Gasteiger partial charge in [-0.25, -0.2) is 0 Å². The molecular weight excluding hydrogens is 240 g/mol. The molecule has 1 aliphatic heterocycles. The van der Waals surface area contributed by atoms with Gasteiger partial charge >= 0.3 is 0 Å². The average Bonchev–Trinajstić information content (AvgIpc) is 3.02. The van der Waals surface area contributed by atoms with Crippen LogP contribution in [-0.4, -0.2) is 32.0 Å². The van der Waals surface area contributed by atoms with Crippen molar-refractivity contribution >= 4 is 11.5 Å². The van der Waals surface area contributed by atoms with Crippen molar-refractivity contribution in [2.75, 3.05) is 31.1 Å². The van der Waals surface area contributed by atoms with Crippen LogP contribution in [0.15, 0.2) is 47.1 Å². The van der Waals surface area contributed by atoms with Gasteiger partial charge in [-0.2, -0.15) is 0 Å². The largest absolute Gasteiger partial charge is 0.461 e. The van der Waals surface area contributed by atoms with E-state index in [1.165, 1.54) is 6.26 Å². The first-order valence-corrected chi connectivity index (χ1v) is 6.48. The maximum Gasteiger partial charge on any atom is 0.228 e. The average molecular weight is 256 g/mol. The summed E-state index contributed by atoms with van der Waals surface area (Å²) in [4.78, 5) is 14.4. The number of nitrogens with one attached hydrogen (secondary N) is 1. The number of nitrogens with zero attached hydrogens (tertiary/aromatic N) is 1. The molecule has 98 valence electrons. The third-order valence-corrected chi connectivity index (χ3v) is 3.36. The zero-order valence-electron chi connectivity index (χ0n) is 10.6. The number of ketones is 1. The Labute approximate surface area is 112 Å². The van der Waals surface area contributed by atoms with E-state index in [0.29, 0.717) is 11.3 Å². The smallest absolute Gasteiger partial charge is 0.228 e. The van der Waals surface area contributed by atoms with Crippen molar-refractivity contribution in [3.05, 3.63) is 54.0 Å². The number of rotatable bonds is 3. The Hall–Kier alpha value is -2.07. The van der Waals surface area contributed by atoms with Crippen LogP contribution in [0.5, 0.6) is 0 Å². The molecule has 1 aromatic carbocycles. The number of hydrogen-bond acceptors (Lipinski definition) is 4. The standard InChI is InChI=1S/C15H16N2O2/c18-15(14-2-1-11-19-14)12-3-5-13(6-4-12)17-9-7-16-8-10-17/h1-6,11,16H,7-10H2. The highest BCUT2D eigenvalue weighted by molar-refractivity contribution is 6.07. The molecule has 1 N–H and O–H groups in total. The maximum absolute atomic E-state index is 12.1. The van der Waals surface area contributed by atoms with E-state index in [9.17, 15) is 4.79 Å². The lowest BCUT2D eigenvalue weighted by Crippen LogP contribution is -2.43. The molecule has 2 heterocycles. The minimum absolute atomic E-state index is 0.0724. The third-order valence-electron chi connectivity index (χ3n) is 3.36. The number of furan rings is 1. The second-order valence-electron chi connectivity index (χ2n) is 4.59. The number of carbonyl (C=O) groups is 1. The quantitative estimate of drug-likeness (QED) is 0.852. The first-order valence-electron chi connectivity index (χ1n) is 6.48. The molecule has 19 heavy (non-hydrogen) atoms. The van der Waals surface area contributed by atoms with Gasteiger partial charge in [0.15, 0.2) is 5.76 Å². The van der Waals surface area contributed by atoms with E-state index in [1.54, 1.807) is 12.1 Å². The topological polar surface area (TPSA) is 45.5 Å². The highest BCUT2D eigenvalue weighted by Crippen LogP contribution is 2.18. The molecule has 4 heteroatoms. The fourth-order valence-corrected chi connectivity index (χ4v) is 2.30. The summed E-state index contributed by atoms with van der Waals surface area (Å²) in [6, 6.07) is 11.1. The van der Waals surface area contributed by atoms with Crippen molar-refractivity contribution in [1.29, 1.82) is 0 Å². The summed E-state index contributed by atoms with van der Waals surface area (Å²) in [7, 11) is 0. The summed E-state index contributed by atoms with van der Waals surface area (Å²) in [6.07, 6.45) is 1.52. The van der Waals surface area contributed by atoms with Gasteiger partial charge in [0.25, 0.3) is 0 Å². The Morgan fingerprint density at radius 3 is 2.47 bits per heavy atom. The van der Waals surface area contributed by atoms with E-state index < -0.39 is 0 Å². The molecule has 2 aromatic rings. The van der Waals surface area contributed by atoms with E-state index in [1.807, 2.05) is 24.3 Å². The molecule has 0 amide bonds.